The fourth-order valence-electron chi connectivity index (χ4n) is 9.16. The number of hydrogen-bond acceptors (Lipinski definition) is 8. The summed E-state index contributed by atoms with van der Waals surface area (Å²) in [6, 6.07) is 60.0. The molecule has 0 fully saturated rings. The molecule has 3 aliphatic heterocycles. The summed E-state index contributed by atoms with van der Waals surface area (Å²) in [5.41, 5.74) is 11.0. The summed E-state index contributed by atoms with van der Waals surface area (Å²) in [5, 5.41) is 1.29. The number of hydrogen-bond donors (Lipinski definition) is 0. The first-order chi connectivity index (χ1) is 38.9. The van der Waals surface area contributed by atoms with Crippen molar-refractivity contribution < 1.29 is 35.8 Å². The smallest absolute Gasteiger partial charge is 0.136 e. The van der Waals surface area contributed by atoms with E-state index in [0.29, 0.717) is 32.4 Å². The number of thioether (sulfide) groups is 3. The first-order valence-corrected chi connectivity index (χ1v) is 28.5. The number of nitrogens with zero attached hydrogens (tertiary/aromatic N) is 3. The van der Waals surface area contributed by atoms with Crippen molar-refractivity contribution in [1.82, 2.24) is 0 Å². The van der Waals surface area contributed by atoms with E-state index in [1.165, 1.54) is 101 Å². The van der Waals surface area contributed by atoms with Crippen LogP contribution in [0.3, 0.4) is 0 Å². The third-order valence-electron chi connectivity index (χ3n) is 13.6. The van der Waals surface area contributed by atoms with Crippen LogP contribution in [0.15, 0.2) is 215 Å². The van der Waals surface area contributed by atoms with E-state index in [-0.39, 0.29) is 34.8 Å². The van der Waals surface area contributed by atoms with Gasteiger partial charge in [0, 0.05) is 17.3 Å². The molecule has 80 heavy (non-hydrogen) atoms. The molecule has 3 aliphatic rings. The molecule has 402 valence electrons. The first kappa shape index (κ1) is 55.5. The number of aryl methyl sites for hydroxylation is 1. The van der Waals surface area contributed by atoms with Gasteiger partial charge in [-0.1, -0.05) is 145 Å². The van der Waals surface area contributed by atoms with Crippen LogP contribution in [-0.2, 0) is 0 Å². The Hall–Kier alpha value is -7.78. The summed E-state index contributed by atoms with van der Waals surface area (Å²) in [4.78, 5) is 13.7. The molecule has 0 saturated carbocycles. The zero-order valence-electron chi connectivity index (χ0n) is 43.6. The molecule has 0 radical (unpaired) electrons. The zero-order valence-corrected chi connectivity index (χ0v) is 46.0. The van der Waals surface area contributed by atoms with Crippen molar-refractivity contribution in [3.8, 4) is 44.9 Å². The summed E-state index contributed by atoms with van der Waals surface area (Å²) in [5.74, 6) is 0.254. The summed E-state index contributed by atoms with van der Waals surface area (Å²) >= 11 is 4.17. The lowest BCUT2D eigenvalue weighted by molar-refractivity contribution is 0.415. The van der Waals surface area contributed by atoms with Gasteiger partial charge in [-0.3, -0.25) is 15.0 Å². The quantitative estimate of drug-likeness (QED) is 0.121. The second-order valence-electron chi connectivity index (χ2n) is 18.8. The van der Waals surface area contributed by atoms with Gasteiger partial charge in [0.25, 0.3) is 0 Å². The van der Waals surface area contributed by atoms with Gasteiger partial charge in [-0.2, -0.15) is 0 Å². The van der Waals surface area contributed by atoms with Gasteiger partial charge in [0.1, 0.15) is 61.5 Å². The van der Waals surface area contributed by atoms with Crippen LogP contribution < -0.4 is 9.47 Å². The van der Waals surface area contributed by atoms with Crippen molar-refractivity contribution in [3.63, 3.8) is 0 Å². The van der Waals surface area contributed by atoms with E-state index in [2.05, 4.69) is 58.3 Å². The molecule has 3 unspecified atom stereocenters. The number of benzene rings is 9. The van der Waals surface area contributed by atoms with Gasteiger partial charge in [0.15, 0.2) is 0 Å². The Morgan fingerprint density at radius 3 is 0.787 bits per heavy atom. The molecular weight excluding hydrogens is 1080 g/mol. The lowest BCUT2D eigenvalue weighted by atomic mass is 10.0. The van der Waals surface area contributed by atoms with Gasteiger partial charge in [-0.05, 0) is 118 Å². The molecule has 5 nitrogen and oxygen atoms in total. The lowest BCUT2D eigenvalue weighted by Gasteiger charge is -2.08. The molecule has 14 heteroatoms. The summed E-state index contributed by atoms with van der Waals surface area (Å²) in [7, 11) is 3.29. The molecule has 3 heterocycles. The third kappa shape index (κ3) is 12.9. The predicted molar refractivity (Wildman–Crippen MR) is 318 cm³/mol. The largest absolute Gasteiger partial charge is 0.497 e. The van der Waals surface area contributed by atoms with Gasteiger partial charge < -0.3 is 9.47 Å². The van der Waals surface area contributed by atoms with E-state index in [1.54, 1.807) is 14.2 Å². The molecule has 0 amide bonds. The number of aliphatic imine (C=N–C) groups is 3. The predicted octanol–water partition coefficient (Wildman–Crippen LogP) is 17.9. The summed E-state index contributed by atoms with van der Waals surface area (Å²) in [6.45, 7) is 2.07. The third-order valence-corrected chi connectivity index (χ3v) is 16.8. The standard InChI is InChI=1S/2C22H17F2NOS.C22H17F2NS/c2*1-26-17-11-9-15(10-12-17)14-5-7-16(8-6-14)20-13-27-22(25-20)21-18(23)3-2-4-19(21)24;1-14-5-7-15(8-6-14)16-9-11-17(12-10-16)20-13-26-22(25-20)21-18(23)3-2-4-19(21)24/h2*2-12,20H,13H2,1H3;2-12,20H,13H2,1H3. The van der Waals surface area contributed by atoms with Crippen LogP contribution in [0.2, 0.25) is 0 Å². The minimum Gasteiger partial charge on any atom is -0.497 e. The van der Waals surface area contributed by atoms with Gasteiger partial charge in [-0.25, -0.2) is 26.3 Å². The van der Waals surface area contributed by atoms with E-state index < -0.39 is 34.9 Å². The van der Waals surface area contributed by atoms with Crippen LogP contribution in [0, 0.1) is 41.8 Å². The van der Waals surface area contributed by atoms with Crippen molar-refractivity contribution in [1.29, 1.82) is 0 Å². The Morgan fingerprint density at radius 1 is 0.325 bits per heavy atom. The van der Waals surface area contributed by atoms with E-state index in [4.69, 9.17) is 9.47 Å². The minimum atomic E-state index is -0.572. The molecule has 9 aromatic carbocycles. The van der Waals surface area contributed by atoms with E-state index >= 15 is 0 Å². The number of methoxy groups -OCH3 is 2. The normalized spacial score (nSPS) is 16.4. The van der Waals surface area contributed by atoms with Gasteiger partial charge in [-0.15, -0.1) is 35.3 Å². The van der Waals surface area contributed by atoms with Crippen LogP contribution in [0.25, 0.3) is 33.4 Å². The number of halogens is 6. The Kier molecular flexibility index (Phi) is 17.7. The maximum atomic E-state index is 14.0. The highest BCUT2D eigenvalue weighted by molar-refractivity contribution is 8.15. The van der Waals surface area contributed by atoms with E-state index in [9.17, 15) is 26.3 Å². The average molecular weight is 1130 g/mol. The SMILES string of the molecule is COc1ccc(-c2ccc(C3CSC(c4c(F)cccc4F)=N3)cc2)cc1.COc1ccc(-c2ccc(C3CSC(c4c(F)cccc4F)=N3)cc2)cc1.Cc1ccc(-c2ccc(C3CSC(c4c(F)cccc4F)=N3)cc2)cc1. The van der Waals surface area contributed by atoms with Gasteiger partial charge >= 0.3 is 0 Å². The van der Waals surface area contributed by atoms with E-state index in [0.717, 1.165) is 56.0 Å². The molecule has 9 aromatic rings. The molecule has 0 aromatic heterocycles. The molecule has 0 N–H and O–H groups in total. The summed E-state index contributed by atoms with van der Waals surface area (Å²) < 4.78 is 94.2. The number of ether oxygens (including phenoxy) is 2. The van der Waals surface area contributed by atoms with Gasteiger partial charge in [0.05, 0.1) is 49.0 Å². The lowest BCUT2D eigenvalue weighted by Crippen LogP contribution is -2.00. The molecule has 0 bridgehead atoms. The van der Waals surface area contributed by atoms with Crippen LogP contribution in [0.5, 0.6) is 11.5 Å². The highest BCUT2D eigenvalue weighted by Crippen LogP contribution is 2.39. The van der Waals surface area contributed by atoms with Crippen LogP contribution in [-0.4, -0.2) is 46.6 Å². The van der Waals surface area contributed by atoms with Crippen LogP contribution in [0.1, 0.15) is 57.1 Å². The molecule has 3 atom stereocenters. The highest BCUT2D eigenvalue weighted by atomic mass is 32.2. The minimum absolute atomic E-state index is 0.0173. The van der Waals surface area contributed by atoms with Gasteiger partial charge in [0.2, 0.25) is 0 Å². The Balaban J connectivity index is 0.000000135. The van der Waals surface area contributed by atoms with Crippen molar-refractivity contribution in [2.24, 2.45) is 15.0 Å². The molecule has 0 spiro atoms. The first-order valence-electron chi connectivity index (χ1n) is 25.5. The van der Waals surface area contributed by atoms with Crippen molar-refractivity contribution >= 4 is 50.4 Å². The molecule has 0 aliphatic carbocycles. The van der Waals surface area contributed by atoms with Crippen molar-refractivity contribution in [3.05, 3.63) is 274 Å². The molecule has 12 rings (SSSR count). The highest BCUT2D eigenvalue weighted by Gasteiger charge is 2.28. The monoisotopic (exact) mass is 1130 g/mol. The maximum Gasteiger partial charge on any atom is 0.136 e. The fraction of sp³-hybridized carbons (Fsp3) is 0.136. The fourth-order valence-corrected chi connectivity index (χ4v) is 12.5. The Morgan fingerprint density at radius 2 is 0.550 bits per heavy atom. The van der Waals surface area contributed by atoms with E-state index in [1.807, 2.05) is 109 Å². The molecular formula is C66H51F6N3O2S3. The Bertz CT molecular complexity index is 3490. The van der Waals surface area contributed by atoms with Crippen LogP contribution >= 0.6 is 35.3 Å². The topological polar surface area (TPSA) is 55.5 Å². The zero-order chi connectivity index (χ0) is 55.7. The van der Waals surface area contributed by atoms with Crippen LogP contribution in [0.4, 0.5) is 26.3 Å². The molecule has 0 saturated heterocycles. The second-order valence-corrected chi connectivity index (χ2v) is 21.8. The van der Waals surface area contributed by atoms with Crippen molar-refractivity contribution in [2.45, 2.75) is 25.0 Å². The number of rotatable bonds is 11. The van der Waals surface area contributed by atoms with Crippen molar-refractivity contribution in [2.75, 3.05) is 31.5 Å². The second kappa shape index (κ2) is 25.6. The summed E-state index contributed by atoms with van der Waals surface area (Å²) in [6.07, 6.45) is 0. The average Bonchev–Trinajstić information content (AvgIpc) is 4.32. The Labute approximate surface area is 474 Å². The maximum absolute atomic E-state index is 14.0.